The number of nitrogens with zero attached hydrogens (tertiary/aromatic N) is 6. The minimum Gasteiger partial charge on any atom is -0.309 e. The Morgan fingerprint density at radius 1 is 0.322 bits per heavy atom. The summed E-state index contributed by atoms with van der Waals surface area (Å²) < 4.78 is 6.75. The highest BCUT2D eigenvalue weighted by molar-refractivity contribution is 6.11. The second kappa shape index (κ2) is 12.8. The predicted molar refractivity (Wildman–Crippen MR) is 243 cm³/mol. The Morgan fingerprint density at radius 3 is 1.07 bits per heavy atom. The van der Waals surface area contributed by atoms with E-state index in [0.717, 1.165) is 60.4 Å². The molecule has 0 saturated carbocycles. The largest absolute Gasteiger partial charge is 0.309 e. The minimum atomic E-state index is 0.566. The third kappa shape index (κ3) is 5.03. The van der Waals surface area contributed by atoms with Crippen LogP contribution in [0, 0.1) is 13.8 Å². The molecular formula is C53H36N6. The van der Waals surface area contributed by atoms with Crippen LogP contribution in [0.15, 0.2) is 182 Å². The van der Waals surface area contributed by atoms with Gasteiger partial charge in [-0.3, -0.25) is 9.13 Å². The van der Waals surface area contributed by atoms with Crippen LogP contribution >= 0.6 is 0 Å². The molecule has 278 valence electrons. The maximum absolute atomic E-state index is 5.35. The average molecular weight is 757 g/mol. The van der Waals surface area contributed by atoms with Crippen molar-refractivity contribution in [3.63, 3.8) is 0 Å². The summed E-state index contributed by atoms with van der Waals surface area (Å²) in [6.07, 6.45) is 0. The highest BCUT2D eigenvalue weighted by Gasteiger charge is 2.21. The van der Waals surface area contributed by atoms with Crippen molar-refractivity contribution in [3.05, 3.63) is 193 Å². The zero-order valence-corrected chi connectivity index (χ0v) is 32.5. The Kier molecular flexibility index (Phi) is 7.26. The number of hydrogen-bond acceptors (Lipinski definition) is 3. The van der Waals surface area contributed by atoms with Gasteiger partial charge in [0.25, 0.3) is 0 Å². The van der Waals surface area contributed by atoms with Crippen LogP contribution in [0.3, 0.4) is 0 Å². The van der Waals surface area contributed by atoms with Crippen LogP contribution in [0.2, 0.25) is 0 Å². The summed E-state index contributed by atoms with van der Waals surface area (Å²) in [7, 11) is 0. The average Bonchev–Trinajstić information content (AvgIpc) is 3.93. The van der Waals surface area contributed by atoms with Crippen LogP contribution in [-0.2, 0) is 0 Å². The van der Waals surface area contributed by atoms with Crippen LogP contribution in [0.1, 0.15) is 11.1 Å². The quantitative estimate of drug-likeness (QED) is 0.176. The lowest BCUT2D eigenvalue weighted by Gasteiger charge is -2.16. The molecule has 6 heteroatoms. The van der Waals surface area contributed by atoms with Crippen molar-refractivity contribution in [2.24, 2.45) is 0 Å². The standard InChI is InChI=1S/C53H36N6/c1-33-27-29-35(31-43(33)44-32-36(30-28-34(44)2)57-45-21-9-3-15-37(45)38-16-4-10-22-46(38)57)51-54-52(58-47-23-11-5-17-39(47)40-18-6-12-24-48(40)58)56-53(55-51)59-49-25-13-7-19-41(49)42-20-8-14-26-50(42)59/h3-32H,1-2H3. The Morgan fingerprint density at radius 2 is 0.661 bits per heavy atom. The van der Waals surface area contributed by atoms with E-state index in [-0.39, 0.29) is 0 Å². The molecule has 0 bridgehead atoms. The Hall–Kier alpha value is -7.83. The van der Waals surface area contributed by atoms with Crippen molar-refractivity contribution >= 4 is 65.4 Å². The lowest BCUT2D eigenvalue weighted by molar-refractivity contribution is 0.893. The molecule has 0 amide bonds. The molecule has 4 aromatic heterocycles. The molecule has 0 atom stereocenters. The second-order valence-corrected chi connectivity index (χ2v) is 15.4. The van der Waals surface area contributed by atoms with Gasteiger partial charge >= 0.3 is 0 Å². The molecule has 0 N–H and O–H groups in total. The summed E-state index contributed by atoms with van der Waals surface area (Å²) in [5.41, 5.74) is 13.3. The van der Waals surface area contributed by atoms with Crippen molar-refractivity contribution < 1.29 is 0 Å². The third-order valence-corrected chi connectivity index (χ3v) is 12.0. The number of fused-ring (bicyclic) bond motifs is 9. The number of aromatic nitrogens is 6. The van der Waals surface area contributed by atoms with Crippen molar-refractivity contribution in [2.75, 3.05) is 0 Å². The summed E-state index contributed by atoms with van der Waals surface area (Å²) in [5, 5.41) is 7.10. The number of hydrogen-bond donors (Lipinski definition) is 0. The van der Waals surface area contributed by atoms with Gasteiger partial charge in [-0.2, -0.15) is 15.0 Å². The third-order valence-electron chi connectivity index (χ3n) is 12.0. The molecule has 6 nitrogen and oxygen atoms in total. The SMILES string of the molecule is Cc1ccc(-c2nc(-n3c4ccccc4c4ccccc43)nc(-n3c4ccccc4c4ccccc43)n2)cc1-c1cc(-n2c3ccccc3c3ccccc32)ccc1C. The van der Waals surface area contributed by atoms with E-state index in [1.807, 2.05) is 0 Å². The van der Waals surface area contributed by atoms with Gasteiger partial charge in [-0.15, -0.1) is 0 Å². The first-order chi connectivity index (χ1) is 29.1. The van der Waals surface area contributed by atoms with Gasteiger partial charge in [0, 0.05) is 43.6 Å². The summed E-state index contributed by atoms with van der Waals surface area (Å²) in [6, 6.07) is 64.7. The van der Waals surface area contributed by atoms with Gasteiger partial charge in [0.2, 0.25) is 11.9 Å². The summed E-state index contributed by atoms with van der Waals surface area (Å²) in [5.74, 6) is 1.73. The normalized spacial score (nSPS) is 11.9. The van der Waals surface area contributed by atoms with Gasteiger partial charge in [-0.25, -0.2) is 0 Å². The first kappa shape index (κ1) is 33.3. The second-order valence-electron chi connectivity index (χ2n) is 15.4. The molecule has 0 aliphatic carbocycles. The minimum absolute atomic E-state index is 0.566. The van der Waals surface area contributed by atoms with Crippen molar-refractivity contribution in [2.45, 2.75) is 13.8 Å². The Balaban J connectivity index is 1.10. The van der Waals surface area contributed by atoms with Crippen LogP contribution in [-0.4, -0.2) is 28.7 Å². The summed E-state index contributed by atoms with van der Waals surface area (Å²) >= 11 is 0. The monoisotopic (exact) mass is 756 g/mol. The van der Waals surface area contributed by atoms with Crippen molar-refractivity contribution in [1.29, 1.82) is 0 Å². The number of aryl methyl sites for hydroxylation is 2. The topological polar surface area (TPSA) is 53.5 Å². The molecule has 12 rings (SSSR count). The first-order valence-electron chi connectivity index (χ1n) is 20.0. The van der Waals surface area contributed by atoms with Gasteiger partial charge in [0.15, 0.2) is 5.82 Å². The molecule has 0 radical (unpaired) electrons. The van der Waals surface area contributed by atoms with E-state index in [1.54, 1.807) is 0 Å². The van der Waals surface area contributed by atoms with E-state index in [1.165, 1.54) is 38.5 Å². The first-order valence-corrected chi connectivity index (χ1v) is 20.0. The van der Waals surface area contributed by atoms with E-state index >= 15 is 0 Å². The van der Waals surface area contributed by atoms with E-state index in [4.69, 9.17) is 15.0 Å². The summed E-state index contributed by atoms with van der Waals surface area (Å²) in [6.45, 7) is 4.38. The molecule has 0 aliphatic heterocycles. The zero-order chi connectivity index (χ0) is 39.2. The highest BCUT2D eigenvalue weighted by Crippen LogP contribution is 2.38. The van der Waals surface area contributed by atoms with Gasteiger partial charge in [-0.05, 0) is 90.7 Å². The van der Waals surface area contributed by atoms with E-state index in [9.17, 15) is 0 Å². The molecular weight excluding hydrogens is 721 g/mol. The maximum Gasteiger partial charge on any atom is 0.240 e. The molecule has 8 aromatic carbocycles. The smallest absolute Gasteiger partial charge is 0.240 e. The van der Waals surface area contributed by atoms with Crippen LogP contribution in [0.5, 0.6) is 0 Å². The molecule has 0 saturated heterocycles. The maximum atomic E-state index is 5.35. The molecule has 12 aromatic rings. The Bertz CT molecular complexity index is 3370. The van der Waals surface area contributed by atoms with Gasteiger partial charge in [-0.1, -0.05) is 127 Å². The van der Waals surface area contributed by atoms with Crippen molar-refractivity contribution in [1.82, 2.24) is 28.7 Å². The van der Waals surface area contributed by atoms with Crippen LogP contribution < -0.4 is 0 Å². The fourth-order valence-electron chi connectivity index (χ4n) is 9.25. The fourth-order valence-corrected chi connectivity index (χ4v) is 9.25. The van der Waals surface area contributed by atoms with Gasteiger partial charge < -0.3 is 4.57 Å². The fraction of sp³-hybridized carbons (Fsp3) is 0.0377. The lowest BCUT2D eigenvalue weighted by Crippen LogP contribution is -2.10. The number of para-hydroxylation sites is 6. The molecule has 0 aliphatic rings. The predicted octanol–water partition coefficient (Wildman–Crippen LogP) is 13.1. The van der Waals surface area contributed by atoms with E-state index < -0.39 is 0 Å². The van der Waals surface area contributed by atoms with Crippen LogP contribution in [0.4, 0.5) is 0 Å². The van der Waals surface area contributed by atoms with E-state index in [2.05, 4.69) is 210 Å². The van der Waals surface area contributed by atoms with Crippen LogP contribution in [0.25, 0.3) is 106 Å². The highest BCUT2D eigenvalue weighted by atomic mass is 15.3. The molecule has 59 heavy (non-hydrogen) atoms. The lowest BCUT2D eigenvalue weighted by atomic mass is 9.94. The molecule has 4 heterocycles. The number of rotatable bonds is 5. The van der Waals surface area contributed by atoms with Gasteiger partial charge in [0.05, 0.1) is 33.1 Å². The van der Waals surface area contributed by atoms with Crippen molar-refractivity contribution in [3.8, 4) is 40.1 Å². The zero-order valence-electron chi connectivity index (χ0n) is 32.5. The molecule has 0 fully saturated rings. The summed E-state index contributed by atoms with van der Waals surface area (Å²) in [4.78, 5) is 16.1. The molecule has 0 unspecified atom stereocenters. The molecule has 0 spiro atoms. The number of benzene rings is 8. The van der Waals surface area contributed by atoms with E-state index in [0.29, 0.717) is 17.7 Å². The van der Waals surface area contributed by atoms with Gasteiger partial charge in [0.1, 0.15) is 0 Å². The Labute approximate surface area is 339 Å².